The summed E-state index contributed by atoms with van der Waals surface area (Å²) in [6.45, 7) is 3.68. The van der Waals surface area contributed by atoms with E-state index in [-0.39, 0.29) is 17.4 Å². The van der Waals surface area contributed by atoms with Crippen LogP contribution in [0.15, 0.2) is 34.5 Å². The van der Waals surface area contributed by atoms with Crippen molar-refractivity contribution >= 4 is 23.4 Å². The van der Waals surface area contributed by atoms with Crippen LogP contribution in [0.2, 0.25) is 0 Å². The Bertz CT molecular complexity index is 683. The van der Waals surface area contributed by atoms with Crippen molar-refractivity contribution in [3.05, 3.63) is 35.7 Å². The van der Waals surface area contributed by atoms with Crippen molar-refractivity contribution in [2.24, 2.45) is 5.10 Å². The molecule has 3 N–H and O–H groups in total. The number of amides is 1. The predicted octanol–water partition coefficient (Wildman–Crippen LogP) is 1.71. The smallest absolute Gasteiger partial charge is 0.250 e. The molecule has 0 atom stereocenters. The van der Waals surface area contributed by atoms with E-state index < -0.39 is 0 Å². The van der Waals surface area contributed by atoms with Crippen molar-refractivity contribution in [1.29, 1.82) is 0 Å². The summed E-state index contributed by atoms with van der Waals surface area (Å²) in [5.74, 6) is 0.817. The molecule has 0 radical (unpaired) electrons. The van der Waals surface area contributed by atoms with Crippen LogP contribution in [0.3, 0.4) is 0 Å². The first kappa shape index (κ1) is 16.0. The summed E-state index contributed by atoms with van der Waals surface area (Å²) in [6.07, 6.45) is 0.768. The number of carbonyl (C=O) groups excluding carboxylic acids is 1. The van der Waals surface area contributed by atoms with Gasteiger partial charge in [0.2, 0.25) is 5.16 Å². The van der Waals surface area contributed by atoms with Crippen LogP contribution in [-0.2, 0) is 11.2 Å². The van der Waals surface area contributed by atoms with E-state index in [0.29, 0.717) is 16.4 Å². The van der Waals surface area contributed by atoms with Crippen LogP contribution in [0.25, 0.3) is 0 Å². The van der Waals surface area contributed by atoms with Crippen LogP contribution in [0.5, 0.6) is 5.75 Å². The molecule has 8 heteroatoms. The molecule has 2 rings (SSSR count). The number of hydrogen-bond donors (Lipinski definition) is 3. The zero-order valence-electron chi connectivity index (χ0n) is 12.3. The maximum atomic E-state index is 11.7. The second-order valence-electron chi connectivity index (χ2n) is 4.46. The van der Waals surface area contributed by atoms with Crippen molar-refractivity contribution in [1.82, 2.24) is 20.6 Å². The monoisotopic (exact) mass is 319 g/mol. The van der Waals surface area contributed by atoms with Gasteiger partial charge < -0.3 is 5.11 Å². The highest BCUT2D eigenvalue weighted by molar-refractivity contribution is 7.99. The Kier molecular flexibility index (Phi) is 5.54. The number of H-pyrrole nitrogens is 1. The zero-order valence-corrected chi connectivity index (χ0v) is 13.1. The Morgan fingerprint density at radius 3 is 2.91 bits per heavy atom. The van der Waals surface area contributed by atoms with Crippen LogP contribution in [0.1, 0.15) is 25.2 Å². The average Bonchev–Trinajstić information content (AvgIpc) is 2.99. The fourth-order valence-electron chi connectivity index (χ4n) is 1.65. The van der Waals surface area contributed by atoms with E-state index in [1.54, 1.807) is 31.2 Å². The minimum absolute atomic E-state index is 0.125. The second-order valence-corrected chi connectivity index (χ2v) is 5.40. The summed E-state index contributed by atoms with van der Waals surface area (Å²) in [6, 6.07) is 6.82. The largest absolute Gasteiger partial charge is 0.507 e. The molecule has 0 unspecified atom stereocenters. The van der Waals surface area contributed by atoms with Crippen molar-refractivity contribution in [2.45, 2.75) is 25.4 Å². The molecule has 1 heterocycles. The predicted molar refractivity (Wildman–Crippen MR) is 84.9 cm³/mol. The molecule has 0 aliphatic carbocycles. The SMILES string of the molecule is CCc1nc(SCC(=O)N/N=C(\C)c2ccccc2O)n[nH]1. The molecule has 0 spiro atoms. The number of nitrogens with zero attached hydrogens (tertiary/aromatic N) is 3. The Morgan fingerprint density at radius 1 is 1.45 bits per heavy atom. The zero-order chi connectivity index (χ0) is 15.9. The van der Waals surface area contributed by atoms with Gasteiger partial charge in [-0.25, -0.2) is 10.4 Å². The van der Waals surface area contributed by atoms with E-state index in [4.69, 9.17) is 0 Å². The molecular formula is C14H17N5O2S. The van der Waals surface area contributed by atoms with Gasteiger partial charge in [-0.1, -0.05) is 30.8 Å². The van der Waals surface area contributed by atoms with E-state index in [0.717, 1.165) is 12.2 Å². The average molecular weight is 319 g/mol. The van der Waals surface area contributed by atoms with Crippen LogP contribution >= 0.6 is 11.8 Å². The van der Waals surface area contributed by atoms with Crippen LogP contribution in [-0.4, -0.2) is 37.7 Å². The number of phenols is 1. The highest BCUT2D eigenvalue weighted by Crippen LogP contribution is 2.16. The highest BCUT2D eigenvalue weighted by Gasteiger charge is 2.08. The fourth-order valence-corrected chi connectivity index (χ4v) is 2.26. The van der Waals surface area contributed by atoms with Crippen molar-refractivity contribution in [3.8, 4) is 5.75 Å². The molecule has 0 aliphatic rings. The van der Waals surface area contributed by atoms with Crippen LogP contribution < -0.4 is 5.43 Å². The topological polar surface area (TPSA) is 103 Å². The van der Waals surface area contributed by atoms with E-state index in [1.807, 2.05) is 6.92 Å². The van der Waals surface area contributed by atoms with Crippen molar-refractivity contribution in [3.63, 3.8) is 0 Å². The number of aryl methyl sites for hydroxylation is 1. The van der Waals surface area contributed by atoms with Crippen LogP contribution in [0, 0.1) is 0 Å². The van der Waals surface area contributed by atoms with Gasteiger partial charge in [-0.2, -0.15) is 5.10 Å². The highest BCUT2D eigenvalue weighted by atomic mass is 32.2. The van der Waals surface area contributed by atoms with Gasteiger partial charge in [0.25, 0.3) is 5.91 Å². The quantitative estimate of drug-likeness (QED) is 0.427. The van der Waals surface area contributed by atoms with Gasteiger partial charge in [-0.05, 0) is 19.1 Å². The molecule has 7 nitrogen and oxygen atoms in total. The number of rotatable bonds is 6. The standard InChI is InChI=1S/C14H17N5O2S/c1-3-12-15-14(19-17-12)22-8-13(21)18-16-9(2)10-6-4-5-7-11(10)20/h4-7,20H,3,8H2,1-2H3,(H,18,21)(H,15,17,19)/b16-9+. The van der Waals surface area contributed by atoms with Gasteiger partial charge in [0.1, 0.15) is 11.6 Å². The molecule has 0 fully saturated rings. The summed E-state index contributed by atoms with van der Waals surface area (Å²) in [5.41, 5.74) is 3.56. The molecular weight excluding hydrogens is 302 g/mol. The number of thioether (sulfide) groups is 1. The summed E-state index contributed by atoms with van der Waals surface area (Å²) in [4.78, 5) is 15.9. The lowest BCUT2D eigenvalue weighted by Crippen LogP contribution is -2.21. The molecule has 0 bridgehead atoms. The number of aromatic amines is 1. The van der Waals surface area contributed by atoms with E-state index >= 15 is 0 Å². The number of carbonyl (C=O) groups is 1. The minimum Gasteiger partial charge on any atom is -0.507 e. The van der Waals surface area contributed by atoms with Gasteiger partial charge in [-0.15, -0.1) is 5.10 Å². The molecule has 1 aromatic carbocycles. The third kappa shape index (κ3) is 4.32. The summed E-state index contributed by atoms with van der Waals surface area (Å²) in [5, 5.41) is 21.0. The molecule has 0 aliphatic heterocycles. The third-order valence-corrected chi connectivity index (χ3v) is 3.67. The first-order chi connectivity index (χ1) is 10.6. The van der Waals surface area contributed by atoms with Gasteiger partial charge >= 0.3 is 0 Å². The Hall–Kier alpha value is -2.35. The summed E-state index contributed by atoms with van der Waals surface area (Å²) >= 11 is 1.23. The lowest BCUT2D eigenvalue weighted by Gasteiger charge is -2.04. The number of benzene rings is 1. The van der Waals surface area contributed by atoms with Gasteiger partial charge in [0.15, 0.2) is 0 Å². The maximum Gasteiger partial charge on any atom is 0.250 e. The Labute approximate surface area is 132 Å². The molecule has 116 valence electrons. The fraction of sp³-hybridized carbons (Fsp3) is 0.286. The van der Waals surface area contributed by atoms with Crippen molar-refractivity contribution < 1.29 is 9.90 Å². The Morgan fingerprint density at radius 2 is 2.23 bits per heavy atom. The second kappa shape index (κ2) is 7.60. The first-order valence-corrected chi connectivity index (χ1v) is 7.74. The normalized spacial score (nSPS) is 11.5. The van der Waals surface area contributed by atoms with E-state index in [2.05, 4.69) is 25.7 Å². The molecule has 22 heavy (non-hydrogen) atoms. The van der Waals surface area contributed by atoms with Gasteiger partial charge in [-0.3, -0.25) is 9.89 Å². The lowest BCUT2D eigenvalue weighted by atomic mass is 10.1. The number of nitrogens with one attached hydrogen (secondary N) is 2. The molecule has 1 amide bonds. The third-order valence-electron chi connectivity index (χ3n) is 2.82. The molecule has 0 saturated carbocycles. The molecule has 2 aromatic rings. The lowest BCUT2D eigenvalue weighted by molar-refractivity contribution is -0.118. The number of phenolic OH excluding ortho intramolecular Hbond substituents is 1. The van der Waals surface area contributed by atoms with E-state index in [1.165, 1.54) is 11.8 Å². The maximum absolute atomic E-state index is 11.7. The van der Waals surface area contributed by atoms with E-state index in [9.17, 15) is 9.90 Å². The summed E-state index contributed by atoms with van der Waals surface area (Å²) in [7, 11) is 0. The summed E-state index contributed by atoms with van der Waals surface area (Å²) < 4.78 is 0. The first-order valence-electron chi connectivity index (χ1n) is 6.75. The molecule has 1 aromatic heterocycles. The Balaban J connectivity index is 1.86. The number of aromatic nitrogens is 3. The number of hydrogen-bond acceptors (Lipinski definition) is 6. The number of aromatic hydroxyl groups is 1. The number of para-hydroxylation sites is 1. The van der Waals surface area contributed by atoms with Crippen molar-refractivity contribution in [2.75, 3.05) is 5.75 Å². The van der Waals surface area contributed by atoms with Crippen LogP contribution in [0.4, 0.5) is 0 Å². The van der Waals surface area contributed by atoms with Gasteiger partial charge in [0.05, 0.1) is 11.5 Å². The number of hydrazone groups is 1. The van der Waals surface area contributed by atoms with Gasteiger partial charge in [0, 0.05) is 12.0 Å². The minimum atomic E-state index is -0.261. The molecule has 0 saturated heterocycles.